The van der Waals surface area contributed by atoms with Crippen LogP contribution in [0.15, 0.2) is 60.4 Å². The van der Waals surface area contributed by atoms with Crippen molar-refractivity contribution in [3.8, 4) is 0 Å². The van der Waals surface area contributed by atoms with Crippen molar-refractivity contribution in [2.75, 3.05) is 0 Å². The van der Waals surface area contributed by atoms with Crippen molar-refractivity contribution in [1.82, 2.24) is 9.88 Å². The van der Waals surface area contributed by atoms with E-state index in [9.17, 15) is 22.2 Å². The second-order valence-corrected chi connectivity index (χ2v) is 7.74. The maximum Gasteiger partial charge on any atom is 0.417 e. The molecule has 26 heavy (non-hydrogen) atoms. The number of carbonyl (C=O) groups excluding carboxylic acids is 1. The van der Waals surface area contributed by atoms with Crippen molar-refractivity contribution in [2.24, 2.45) is 0 Å². The molecule has 2 aromatic rings. The highest BCUT2D eigenvalue weighted by Gasteiger charge is 2.42. The summed E-state index contributed by atoms with van der Waals surface area (Å²) in [5, 5.41) is -0.477. The molecule has 1 N–H and O–H groups in total. The molecule has 2 heterocycles. The summed E-state index contributed by atoms with van der Waals surface area (Å²) in [4.78, 5) is 17.7. The number of ketones is 1. The molecular formula is C17H14F3N3O2S. The molecule has 0 bridgehead atoms. The summed E-state index contributed by atoms with van der Waals surface area (Å²) < 4.78 is 60.0. The van der Waals surface area contributed by atoms with Gasteiger partial charge in [-0.05, 0) is 11.6 Å². The topological polar surface area (TPSA) is 74.1 Å². The summed E-state index contributed by atoms with van der Waals surface area (Å²) in [6.45, 7) is 0.144. The molecule has 2 atom stereocenters. The van der Waals surface area contributed by atoms with Gasteiger partial charge in [-0.3, -0.25) is 9.78 Å². The van der Waals surface area contributed by atoms with Crippen molar-refractivity contribution in [3.05, 3.63) is 77.1 Å². The van der Waals surface area contributed by atoms with Gasteiger partial charge in [0, 0.05) is 30.5 Å². The average Bonchev–Trinajstić information content (AvgIpc) is 2.89. The van der Waals surface area contributed by atoms with E-state index in [0.717, 1.165) is 23.4 Å². The first-order valence-electron chi connectivity index (χ1n) is 7.51. The van der Waals surface area contributed by atoms with Crippen LogP contribution >= 0.6 is 0 Å². The van der Waals surface area contributed by atoms with Gasteiger partial charge in [-0.25, -0.2) is 8.99 Å². The van der Waals surface area contributed by atoms with E-state index in [0.29, 0.717) is 6.07 Å². The summed E-state index contributed by atoms with van der Waals surface area (Å²) in [7, 11) is -3.57. The Balaban J connectivity index is 1.99. The van der Waals surface area contributed by atoms with Gasteiger partial charge in [-0.2, -0.15) is 13.2 Å². The molecule has 1 aromatic carbocycles. The summed E-state index contributed by atoms with van der Waals surface area (Å²) in [5.41, 5.74) is -1.07. The fourth-order valence-electron chi connectivity index (χ4n) is 2.73. The molecule has 0 saturated carbocycles. The number of alkyl halides is 3. The van der Waals surface area contributed by atoms with E-state index in [-0.39, 0.29) is 6.54 Å². The third-order valence-electron chi connectivity index (χ3n) is 3.91. The van der Waals surface area contributed by atoms with Gasteiger partial charge >= 0.3 is 6.18 Å². The van der Waals surface area contributed by atoms with Crippen molar-refractivity contribution in [2.45, 2.75) is 18.1 Å². The normalized spacial score (nSPS) is 22.6. The first-order chi connectivity index (χ1) is 12.2. The summed E-state index contributed by atoms with van der Waals surface area (Å²) in [6.07, 6.45) is -1.69. The number of hydrogen-bond donors (Lipinski definition) is 1. The number of halogens is 3. The van der Waals surface area contributed by atoms with Crippen LogP contribution in [-0.4, -0.2) is 25.2 Å². The van der Waals surface area contributed by atoms with E-state index in [1.165, 1.54) is 11.1 Å². The molecule has 0 radical (unpaired) electrons. The molecule has 0 fully saturated rings. The van der Waals surface area contributed by atoms with Crippen LogP contribution in [0.1, 0.15) is 21.5 Å². The van der Waals surface area contributed by atoms with Crippen LogP contribution in [0.5, 0.6) is 0 Å². The maximum absolute atomic E-state index is 13.2. The average molecular weight is 381 g/mol. The predicted molar refractivity (Wildman–Crippen MR) is 89.3 cm³/mol. The molecule has 3 rings (SSSR count). The lowest BCUT2D eigenvalue weighted by Gasteiger charge is -2.25. The van der Waals surface area contributed by atoms with Crippen molar-refractivity contribution >= 4 is 15.5 Å². The number of nitrogens with one attached hydrogen (secondary N) is 1. The Morgan fingerprint density at radius 2 is 1.92 bits per heavy atom. The van der Waals surface area contributed by atoms with E-state index in [4.69, 9.17) is 4.78 Å². The van der Waals surface area contributed by atoms with Crippen molar-refractivity contribution in [1.29, 1.82) is 4.78 Å². The van der Waals surface area contributed by atoms with E-state index in [1.807, 2.05) is 0 Å². The third kappa shape index (κ3) is 3.48. The minimum absolute atomic E-state index is 0.144. The Labute approximate surface area is 148 Å². The second kappa shape index (κ2) is 6.56. The monoisotopic (exact) mass is 381 g/mol. The summed E-state index contributed by atoms with van der Waals surface area (Å²) in [5.74, 6) is -1.04. The molecule has 0 aliphatic carbocycles. The third-order valence-corrected chi connectivity index (χ3v) is 5.59. The Bertz CT molecular complexity index is 957. The van der Waals surface area contributed by atoms with Crippen LogP contribution in [-0.2, 0) is 22.5 Å². The smallest absolute Gasteiger partial charge is 0.351 e. The molecule has 0 saturated heterocycles. The van der Waals surface area contributed by atoms with Gasteiger partial charge in [-0.1, -0.05) is 30.3 Å². The fraction of sp³-hybridized carbons (Fsp3) is 0.176. The molecule has 0 spiro atoms. The second-order valence-electron chi connectivity index (χ2n) is 5.73. The highest BCUT2D eigenvalue weighted by atomic mass is 32.2. The minimum atomic E-state index is -4.76. The number of pyridine rings is 1. The molecule has 5 nitrogen and oxygen atoms in total. The van der Waals surface area contributed by atoms with Gasteiger partial charge in [0.2, 0.25) is 5.78 Å². The van der Waals surface area contributed by atoms with Gasteiger partial charge in [-0.15, -0.1) is 0 Å². The molecule has 1 aliphatic heterocycles. The maximum atomic E-state index is 13.2. The molecule has 1 aliphatic rings. The predicted octanol–water partition coefficient (Wildman–Crippen LogP) is 3.64. The first kappa shape index (κ1) is 18.1. The first-order valence-corrected chi connectivity index (χ1v) is 9.19. The highest BCUT2D eigenvalue weighted by Crippen LogP contribution is 2.34. The Hall–Kier alpha value is -2.68. The van der Waals surface area contributed by atoms with Crippen molar-refractivity contribution in [3.63, 3.8) is 0 Å². The highest BCUT2D eigenvalue weighted by molar-refractivity contribution is 7.96. The Morgan fingerprint density at radius 1 is 1.23 bits per heavy atom. The SMILES string of the molecule is N=S1(=O)C=CN(Cc2ccccc2)C1C(=O)c1cnccc1C(F)(F)F. The van der Waals surface area contributed by atoms with Gasteiger partial charge in [0.25, 0.3) is 0 Å². The molecule has 2 unspecified atom stereocenters. The zero-order valence-corrected chi connectivity index (χ0v) is 14.1. The lowest BCUT2D eigenvalue weighted by molar-refractivity contribution is -0.138. The lowest BCUT2D eigenvalue weighted by atomic mass is 10.1. The van der Waals surface area contributed by atoms with Gasteiger partial charge in [0.05, 0.1) is 20.9 Å². The number of Topliss-reactive ketones (excluding diaryl/α,β-unsaturated/α-hetero) is 1. The molecule has 0 amide bonds. The molecule has 1 aromatic heterocycles. The van der Waals surface area contributed by atoms with E-state index < -0.39 is 38.2 Å². The van der Waals surface area contributed by atoms with Crippen LogP contribution in [0.25, 0.3) is 0 Å². The van der Waals surface area contributed by atoms with Crippen LogP contribution < -0.4 is 0 Å². The van der Waals surface area contributed by atoms with Crippen LogP contribution in [0.2, 0.25) is 0 Å². The Morgan fingerprint density at radius 3 is 2.58 bits per heavy atom. The number of nitrogens with zero attached hydrogens (tertiary/aromatic N) is 2. The van der Waals surface area contributed by atoms with Gasteiger partial charge < -0.3 is 4.90 Å². The minimum Gasteiger partial charge on any atom is -0.351 e. The fourth-order valence-corrected chi connectivity index (χ4v) is 4.21. The molecule has 136 valence electrons. The van der Waals surface area contributed by atoms with E-state index in [1.54, 1.807) is 30.3 Å². The zero-order chi connectivity index (χ0) is 18.9. The summed E-state index contributed by atoms with van der Waals surface area (Å²) >= 11 is 0. The number of rotatable bonds is 4. The lowest BCUT2D eigenvalue weighted by Crippen LogP contribution is -2.39. The van der Waals surface area contributed by atoms with Gasteiger partial charge in [0.15, 0.2) is 5.37 Å². The van der Waals surface area contributed by atoms with Crippen LogP contribution in [0.3, 0.4) is 0 Å². The number of carbonyl (C=O) groups is 1. The largest absolute Gasteiger partial charge is 0.417 e. The van der Waals surface area contributed by atoms with E-state index >= 15 is 0 Å². The van der Waals surface area contributed by atoms with E-state index in [2.05, 4.69) is 4.98 Å². The number of hydrogen-bond acceptors (Lipinski definition) is 5. The molecule has 9 heteroatoms. The Kier molecular flexibility index (Phi) is 4.57. The quantitative estimate of drug-likeness (QED) is 0.821. The summed E-state index contributed by atoms with van der Waals surface area (Å²) in [6, 6.07) is 9.57. The molecular weight excluding hydrogens is 367 g/mol. The number of benzene rings is 1. The standard InChI is InChI=1S/C17H14F3N3O2S/c18-17(19,20)14-6-7-22-10-13(14)15(24)16-23(8-9-26(16,21)25)11-12-4-2-1-3-5-12/h1-10,16,21H,11H2. The van der Waals surface area contributed by atoms with Crippen molar-refractivity contribution < 1.29 is 22.2 Å². The van der Waals surface area contributed by atoms with Gasteiger partial charge in [0.1, 0.15) is 0 Å². The van der Waals surface area contributed by atoms with Crippen LogP contribution in [0, 0.1) is 4.78 Å². The number of aromatic nitrogens is 1. The van der Waals surface area contributed by atoms with Crippen LogP contribution in [0.4, 0.5) is 13.2 Å². The zero-order valence-electron chi connectivity index (χ0n) is 13.3.